The van der Waals surface area contributed by atoms with Gasteiger partial charge in [0.25, 0.3) is 0 Å². The molecular formula is C11H18N2O2S. The monoisotopic (exact) mass is 242 g/mol. The molecular weight excluding hydrogens is 224 g/mol. The van der Waals surface area contributed by atoms with Crippen LogP contribution < -0.4 is 5.73 Å². The van der Waals surface area contributed by atoms with E-state index in [2.05, 4.69) is 11.9 Å². The first-order chi connectivity index (χ1) is 7.60. The van der Waals surface area contributed by atoms with E-state index in [4.69, 9.17) is 10.5 Å². The summed E-state index contributed by atoms with van der Waals surface area (Å²) < 4.78 is 4.93. The highest BCUT2D eigenvalue weighted by Crippen LogP contribution is 2.24. The predicted octanol–water partition coefficient (Wildman–Crippen LogP) is 2.43. The highest BCUT2D eigenvalue weighted by atomic mass is 32.1. The van der Waals surface area contributed by atoms with Crippen LogP contribution in [-0.2, 0) is 4.74 Å². The Morgan fingerprint density at radius 1 is 1.56 bits per heavy atom. The summed E-state index contributed by atoms with van der Waals surface area (Å²) in [4.78, 5) is 16.7. The molecule has 0 aromatic carbocycles. The van der Waals surface area contributed by atoms with E-state index in [1.54, 1.807) is 6.92 Å². The van der Waals surface area contributed by atoms with Gasteiger partial charge in [-0.3, -0.25) is 0 Å². The van der Waals surface area contributed by atoms with Gasteiger partial charge in [0.15, 0.2) is 5.69 Å². The van der Waals surface area contributed by atoms with Crippen LogP contribution in [0.4, 0.5) is 0 Å². The van der Waals surface area contributed by atoms with Crippen molar-refractivity contribution in [3.8, 4) is 0 Å². The standard InChI is InChI=1S/C11H18N2O2S/c1-4-6-8(12)10-13-9(7(3)16-10)11(14)15-5-2/h8H,4-6,12H2,1-3H3. The van der Waals surface area contributed by atoms with Gasteiger partial charge in [-0.15, -0.1) is 11.3 Å². The molecule has 4 nitrogen and oxygen atoms in total. The van der Waals surface area contributed by atoms with Gasteiger partial charge in [0.2, 0.25) is 0 Å². The first kappa shape index (κ1) is 13.1. The van der Waals surface area contributed by atoms with Crippen LogP contribution in [-0.4, -0.2) is 17.6 Å². The number of ether oxygens (including phenoxy) is 1. The molecule has 2 N–H and O–H groups in total. The summed E-state index contributed by atoms with van der Waals surface area (Å²) in [5, 5.41) is 0.822. The first-order valence-corrected chi connectivity index (χ1v) is 6.31. The van der Waals surface area contributed by atoms with Gasteiger partial charge in [0, 0.05) is 4.88 Å². The Balaban J connectivity index is 2.84. The molecule has 5 heteroatoms. The maximum atomic E-state index is 11.5. The number of carbonyl (C=O) groups is 1. The molecule has 1 heterocycles. The second-order valence-electron chi connectivity index (χ2n) is 3.57. The van der Waals surface area contributed by atoms with E-state index in [-0.39, 0.29) is 12.0 Å². The highest BCUT2D eigenvalue weighted by Gasteiger charge is 2.19. The molecule has 0 saturated heterocycles. The van der Waals surface area contributed by atoms with E-state index in [9.17, 15) is 4.79 Å². The van der Waals surface area contributed by atoms with Crippen molar-refractivity contribution in [3.63, 3.8) is 0 Å². The van der Waals surface area contributed by atoms with Crippen LogP contribution in [0, 0.1) is 6.92 Å². The number of carbonyl (C=O) groups excluding carboxylic acids is 1. The Bertz CT molecular complexity index is 363. The van der Waals surface area contributed by atoms with Crippen molar-refractivity contribution < 1.29 is 9.53 Å². The third-order valence-corrected chi connectivity index (χ3v) is 3.30. The van der Waals surface area contributed by atoms with Crippen LogP contribution in [0.2, 0.25) is 0 Å². The van der Waals surface area contributed by atoms with Crippen molar-refractivity contribution in [3.05, 3.63) is 15.6 Å². The molecule has 1 rings (SSSR count). The van der Waals surface area contributed by atoms with Crippen molar-refractivity contribution in [2.75, 3.05) is 6.61 Å². The van der Waals surface area contributed by atoms with Gasteiger partial charge in [-0.25, -0.2) is 9.78 Å². The quantitative estimate of drug-likeness (QED) is 0.805. The second kappa shape index (κ2) is 5.96. The van der Waals surface area contributed by atoms with Crippen LogP contribution in [0.15, 0.2) is 0 Å². The molecule has 0 spiro atoms. The lowest BCUT2D eigenvalue weighted by molar-refractivity contribution is 0.0519. The SMILES string of the molecule is CCCC(N)c1nc(C(=O)OCC)c(C)s1. The van der Waals surface area contributed by atoms with E-state index in [0.29, 0.717) is 12.3 Å². The zero-order chi connectivity index (χ0) is 12.1. The summed E-state index contributed by atoms with van der Waals surface area (Å²) in [5.74, 6) is -0.355. The Kier molecular flexibility index (Phi) is 4.89. The lowest BCUT2D eigenvalue weighted by atomic mass is 10.2. The highest BCUT2D eigenvalue weighted by molar-refractivity contribution is 7.11. The van der Waals surface area contributed by atoms with Crippen LogP contribution in [0.1, 0.15) is 53.1 Å². The molecule has 0 aliphatic carbocycles. The lowest BCUT2D eigenvalue weighted by Gasteiger charge is -2.04. The molecule has 90 valence electrons. The van der Waals surface area contributed by atoms with Crippen molar-refractivity contribution >= 4 is 17.3 Å². The number of esters is 1. The molecule has 0 amide bonds. The van der Waals surface area contributed by atoms with Gasteiger partial charge in [0.05, 0.1) is 12.6 Å². The molecule has 0 bridgehead atoms. The van der Waals surface area contributed by atoms with E-state index in [1.165, 1.54) is 11.3 Å². The smallest absolute Gasteiger partial charge is 0.358 e. The maximum Gasteiger partial charge on any atom is 0.358 e. The summed E-state index contributed by atoms with van der Waals surface area (Å²) in [7, 11) is 0. The molecule has 16 heavy (non-hydrogen) atoms. The van der Waals surface area contributed by atoms with Crippen LogP contribution >= 0.6 is 11.3 Å². The number of thiazole rings is 1. The third-order valence-electron chi connectivity index (χ3n) is 2.20. The summed E-state index contributed by atoms with van der Waals surface area (Å²) in [6, 6.07) is -0.0723. The molecule has 0 saturated carbocycles. The Morgan fingerprint density at radius 2 is 2.25 bits per heavy atom. The normalized spacial score (nSPS) is 12.5. The minimum absolute atomic E-state index is 0.0723. The van der Waals surface area contributed by atoms with Gasteiger partial charge >= 0.3 is 5.97 Å². The maximum absolute atomic E-state index is 11.5. The fraction of sp³-hybridized carbons (Fsp3) is 0.636. The second-order valence-corrected chi connectivity index (χ2v) is 4.81. The van der Waals surface area contributed by atoms with Gasteiger partial charge in [-0.1, -0.05) is 13.3 Å². The zero-order valence-corrected chi connectivity index (χ0v) is 10.8. The first-order valence-electron chi connectivity index (χ1n) is 5.50. The van der Waals surface area contributed by atoms with Gasteiger partial charge in [-0.2, -0.15) is 0 Å². The van der Waals surface area contributed by atoms with Crippen molar-refractivity contribution in [2.45, 2.75) is 39.7 Å². The number of hydrogen-bond acceptors (Lipinski definition) is 5. The van der Waals surface area contributed by atoms with Crippen LogP contribution in [0.5, 0.6) is 0 Å². The van der Waals surface area contributed by atoms with Crippen molar-refractivity contribution in [1.82, 2.24) is 4.98 Å². The number of nitrogens with zero attached hydrogens (tertiary/aromatic N) is 1. The largest absolute Gasteiger partial charge is 0.461 e. The van der Waals surface area contributed by atoms with Crippen molar-refractivity contribution in [1.29, 1.82) is 0 Å². The summed E-state index contributed by atoms with van der Waals surface area (Å²) in [5.41, 5.74) is 6.37. The van der Waals surface area contributed by atoms with E-state index in [1.807, 2.05) is 6.92 Å². The number of aryl methyl sites for hydroxylation is 1. The predicted molar refractivity (Wildman–Crippen MR) is 64.6 cm³/mol. The number of rotatable bonds is 5. The summed E-state index contributed by atoms with van der Waals surface area (Å²) in [6.07, 6.45) is 1.89. The molecule has 0 fully saturated rings. The van der Waals surface area contributed by atoms with E-state index >= 15 is 0 Å². The zero-order valence-electron chi connectivity index (χ0n) is 9.95. The Morgan fingerprint density at radius 3 is 2.81 bits per heavy atom. The molecule has 1 aromatic heterocycles. The lowest BCUT2D eigenvalue weighted by Crippen LogP contribution is -2.11. The Labute approximate surface area is 99.8 Å². The molecule has 0 aliphatic rings. The fourth-order valence-electron chi connectivity index (χ4n) is 1.40. The van der Waals surface area contributed by atoms with E-state index < -0.39 is 0 Å². The Hall–Kier alpha value is -0.940. The van der Waals surface area contributed by atoms with Gasteiger partial charge in [-0.05, 0) is 20.3 Å². The number of nitrogens with two attached hydrogens (primary N) is 1. The minimum Gasteiger partial charge on any atom is -0.461 e. The number of aromatic nitrogens is 1. The molecule has 0 aliphatic heterocycles. The average molecular weight is 242 g/mol. The summed E-state index contributed by atoms with van der Waals surface area (Å²) in [6.45, 7) is 6.09. The minimum atomic E-state index is -0.355. The topological polar surface area (TPSA) is 65.2 Å². The van der Waals surface area contributed by atoms with Crippen molar-refractivity contribution in [2.24, 2.45) is 5.73 Å². The van der Waals surface area contributed by atoms with Crippen LogP contribution in [0.3, 0.4) is 0 Å². The molecule has 1 aromatic rings. The molecule has 1 unspecified atom stereocenters. The van der Waals surface area contributed by atoms with Crippen LogP contribution in [0.25, 0.3) is 0 Å². The van der Waals surface area contributed by atoms with Gasteiger partial charge in [0.1, 0.15) is 5.01 Å². The summed E-state index contributed by atoms with van der Waals surface area (Å²) >= 11 is 1.48. The van der Waals surface area contributed by atoms with E-state index in [0.717, 1.165) is 22.7 Å². The average Bonchev–Trinajstić information content (AvgIpc) is 2.61. The van der Waals surface area contributed by atoms with Gasteiger partial charge < -0.3 is 10.5 Å². The molecule has 1 atom stereocenters. The number of hydrogen-bond donors (Lipinski definition) is 1. The fourth-order valence-corrected chi connectivity index (χ4v) is 2.34. The molecule has 0 radical (unpaired) electrons. The third kappa shape index (κ3) is 3.02.